The Hall–Kier alpha value is -1.61. The molecule has 2 unspecified atom stereocenters. The summed E-state index contributed by atoms with van der Waals surface area (Å²) in [4.78, 5) is 14.7. The highest BCUT2D eigenvalue weighted by molar-refractivity contribution is 7.12. The quantitative estimate of drug-likeness (QED) is 0.912. The van der Waals surface area contributed by atoms with Crippen LogP contribution < -0.4 is 5.32 Å². The third-order valence-corrected chi connectivity index (χ3v) is 5.69. The first-order chi connectivity index (χ1) is 9.63. The molecular formula is C17H19NOS. The average Bonchev–Trinajstić information content (AvgIpc) is 3.05. The summed E-state index contributed by atoms with van der Waals surface area (Å²) in [5.41, 5.74) is 1.04. The van der Waals surface area contributed by atoms with Crippen LogP contribution in [-0.4, -0.2) is 5.91 Å². The van der Waals surface area contributed by atoms with Crippen molar-refractivity contribution in [2.24, 2.45) is 0 Å². The van der Waals surface area contributed by atoms with Crippen LogP contribution in [0.1, 0.15) is 41.6 Å². The lowest BCUT2D eigenvalue weighted by atomic mass is 9.78. The molecule has 1 aromatic heterocycles. The molecule has 2 aromatic rings. The van der Waals surface area contributed by atoms with Gasteiger partial charge >= 0.3 is 0 Å². The van der Waals surface area contributed by atoms with Gasteiger partial charge in [-0.05, 0) is 24.1 Å². The average molecular weight is 285 g/mol. The summed E-state index contributed by atoms with van der Waals surface area (Å²) in [6, 6.07) is 14.7. The molecule has 0 radical (unpaired) electrons. The SMILES string of the molecule is CCc1ccc(C2(C)CC(=O)NC2c2ccccc2)s1. The van der Waals surface area contributed by atoms with Gasteiger partial charge in [-0.2, -0.15) is 0 Å². The van der Waals surface area contributed by atoms with E-state index in [9.17, 15) is 4.79 Å². The molecule has 1 fully saturated rings. The van der Waals surface area contributed by atoms with Gasteiger partial charge in [-0.1, -0.05) is 44.2 Å². The van der Waals surface area contributed by atoms with E-state index in [1.807, 2.05) is 29.5 Å². The maximum atomic E-state index is 12.0. The molecular weight excluding hydrogens is 266 g/mol. The Morgan fingerprint density at radius 2 is 2.00 bits per heavy atom. The van der Waals surface area contributed by atoms with Crippen LogP contribution in [0.25, 0.3) is 0 Å². The van der Waals surface area contributed by atoms with Gasteiger partial charge in [0.15, 0.2) is 0 Å². The second-order valence-electron chi connectivity index (χ2n) is 5.62. The zero-order valence-electron chi connectivity index (χ0n) is 11.8. The van der Waals surface area contributed by atoms with Gasteiger partial charge in [0.05, 0.1) is 6.04 Å². The Labute approximate surface area is 123 Å². The maximum absolute atomic E-state index is 12.0. The van der Waals surface area contributed by atoms with Crippen molar-refractivity contribution < 1.29 is 4.79 Å². The van der Waals surface area contributed by atoms with Crippen molar-refractivity contribution in [1.82, 2.24) is 5.32 Å². The van der Waals surface area contributed by atoms with Crippen LogP contribution in [0, 0.1) is 0 Å². The van der Waals surface area contributed by atoms with E-state index in [4.69, 9.17) is 0 Å². The number of nitrogens with one attached hydrogen (secondary N) is 1. The standard InChI is InChI=1S/C17H19NOS/c1-3-13-9-10-14(20-13)17(2)11-15(19)18-16(17)12-7-5-4-6-8-12/h4-10,16H,3,11H2,1-2H3,(H,18,19). The van der Waals surface area contributed by atoms with Crippen molar-refractivity contribution in [3.05, 3.63) is 57.8 Å². The number of aryl methyl sites for hydroxylation is 1. The van der Waals surface area contributed by atoms with Crippen molar-refractivity contribution in [2.75, 3.05) is 0 Å². The van der Waals surface area contributed by atoms with Gasteiger partial charge in [0.25, 0.3) is 0 Å². The van der Waals surface area contributed by atoms with Crippen LogP contribution in [0.4, 0.5) is 0 Å². The molecule has 3 rings (SSSR count). The molecule has 0 bridgehead atoms. The van der Waals surface area contributed by atoms with E-state index < -0.39 is 0 Å². The van der Waals surface area contributed by atoms with Crippen LogP contribution in [-0.2, 0) is 16.6 Å². The molecule has 0 spiro atoms. The van der Waals surface area contributed by atoms with E-state index in [1.165, 1.54) is 15.3 Å². The predicted molar refractivity (Wildman–Crippen MR) is 83.0 cm³/mol. The summed E-state index contributed by atoms with van der Waals surface area (Å²) in [6.45, 7) is 4.37. The first-order valence-corrected chi connectivity index (χ1v) is 7.88. The highest BCUT2D eigenvalue weighted by Crippen LogP contribution is 2.46. The zero-order valence-corrected chi connectivity index (χ0v) is 12.7. The highest BCUT2D eigenvalue weighted by Gasteiger charge is 2.46. The fourth-order valence-corrected chi connectivity index (χ4v) is 4.13. The molecule has 1 aliphatic rings. The largest absolute Gasteiger partial charge is 0.348 e. The second-order valence-corrected chi connectivity index (χ2v) is 6.79. The van der Waals surface area contributed by atoms with Gasteiger partial charge < -0.3 is 5.32 Å². The van der Waals surface area contributed by atoms with E-state index in [1.54, 1.807) is 0 Å². The lowest BCUT2D eigenvalue weighted by molar-refractivity contribution is -0.119. The molecule has 1 amide bonds. The number of rotatable bonds is 3. The summed E-state index contributed by atoms with van der Waals surface area (Å²) in [5, 5.41) is 3.15. The number of hydrogen-bond donors (Lipinski definition) is 1. The minimum atomic E-state index is -0.142. The Bertz CT molecular complexity index is 619. The molecule has 1 aromatic carbocycles. The van der Waals surface area contributed by atoms with Crippen molar-refractivity contribution in [3.8, 4) is 0 Å². The van der Waals surface area contributed by atoms with E-state index in [0.717, 1.165) is 6.42 Å². The van der Waals surface area contributed by atoms with Crippen LogP contribution in [0.5, 0.6) is 0 Å². The normalized spacial score (nSPS) is 25.7. The van der Waals surface area contributed by atoms with Crippen molar-refractivity contribution >= 4 is 17.2 Å². The van der Waals surface area contributed by atoms with Crippen LogP contribution in [0.3, 0.4) is 0 Å². The highest BCUT2D eigenvalue weighted by atomic mass is 32.1. The molecule has 0 aliphatic carbocycles. The minimum absolute atomic E-state index is 0.0690. The number of thiophene rings is 1. The fourth-order valence-electron chi connectivity index (χ4n) is 3.01. The van der Waals surface area contributed by atoms with Crippen LogP contribution in [0.2, 0.25) is 0 Å². The van der Waals surface area contributed by atoms with E-state index in [0.29, 0.717) is 6.42 Å². The minimum Gasteiger partial charge on any atom is -0.348 e. The molecule has 1 N–H and O–H groups in total. The number of carbonyl (C=O) groups is 1. The van der Waals surface area contributed by atoms with Gasteiger partial charge in [0, 0.05) is 21.6 Å². The van der Waals surface area contributed by atoms with Crippen molar-refractivity contribution in [3.63, 3.8) is 0 Å². The molecule has 0 saturated carbocycles. The maximum Gasteiger partial charge on any atom is 0.221 e. The fraction of sp³-hybridized carbons (Fsp3) is 0.353. The Morgan fingerprint density at radius 1 is 1.25 bits per heavy atom. The Kier molecular flexibility index (Phi) is 3.38. The van der Waals surface area contributed by atoms with Gasteiger partial charge in [-0.25, -0.2) is 0 Å². The third-order valence-electron chi connectivity index (χ3n) is 4.18. The number of carbonyl (C=O) groups excluding carboxylic acids is 1. The summed E-state index contributed by atoms with van der Waals surface area (Å²) in [5.74, 6) is 0.146. The Balaban J connectivity index is 2.02. The van der Waals surface area contributed by atoms with Crippen molar-refractivity contribution in [1.29, 1.82) is 0 Å². The van der Waals surface area contributed by atoms with Gasteiger partial charge in [0.1, 0.15) is 0 Å². The molecule has 2 atom stereocenters. The molecule has 3 heteroatoms. The Morgan fingerprint density at radius 3 is 2.65 bits per heavy atom. The van der Waals surface area contributed by atoms with Crippen molar-refractivity contribution in [2.45, 2.75) is 38.1 Å². The number of hydrogen-bond acceptors (Lipinski definition) is 2. The second kappa shape index (κ2) is 5.06. The molecule has 1 aliphatic heterocycles. The predicted octanol–water partition coefficient (Wildman–Crippen LogP) is 3.83. The number of amides is 1. The monoisotopic (exact) mass is 285 g/mol. The summed E-state index contributed by atoms with van der Waals surface area (Å²) >= 11 is 1.84. The van der Waals surface area contributed by atoms with E-state index in [-0.39, 0.29) is 17.4 Å². The van der Waals surface area contributed by atoms with E-state index in [2.05, 4.69) is 43.4 Å². The summed E-state index contributed by atoms with van der Waals surface area (Å²) in [7, 11) is 0. The lowest BCUT2D eigenvalue weighted by Crippen LogP contribution is -2.29. The molecule has 1 saturated heterocycles. The first kappa shape index (κ1) is 13.4. The molecule has 104 valence electrons. The molecule has 2 heterocycles. The topological polar surface area (TPSA) is 29.1 Å². The molecule has 2 nitrogen and oxygen atoms in total. The smallest absolute Gasteiger partial charge is 0.221 e. The summed E-state index contributed by atoms with van der Waals surface area (Å²) < 4.78 is 0. The van der Waals surface area contributed by atoms with Gasteiger partial charge in [0.2, 0.25) is 5.91 Å². The molecule has 20 heavy (non-hydrogen) atoms. The van der Waals surface area contributed by atoms with Gasteiger partial charge in [-0.15, -0.1) is 11.3 Å². The summed E-state index contributed by atoms with van der Waals surface area (Å²) in [6.07, 6.45) is 1.62. The van der Waals surface area contributed by atoms with Gasteiger partial charge in [-0.3, -0.25) is 4.79 Å². The zero-order chi connectivity index (χ0) is 14.2. The first-order valence-electron chi connectivity index (χ1n) is 7.07. The lowest BCUT2D eigenvalue weighted by Gasteiger charge is -2.29. The van der Waals surface area contributed by atoms with Crippen LogP contribution in [0.15, 0.2) is 42.5 Å². The van der Waals surface area contributed by atoms with Crippen LogP contribution >= 0.6 is 11.3 Å². The van der Waals surface area contributed by atoms with E-state index >= 15 is 0 Å². The number of benzene rings is 1. The third kappa shape index (κ3) is 2.16.